The third-order valence-electron chi connectivity index (χ3n) is 5.23. The van der Waals surface area contributed by atoms with Crippen LogP contribution in [0.4, 0.5) is 0 Å². The smallest absolute Gasteiger partial charge is 0.0636 e. The number of hydrogen-bond donors (Lipinski definition) is 2. The van der Waals surface area contributed by atoms with Crippen LogP contribution in [0.15, 0.2) is 0 Å². The van der Waals surface area contributed by atoms with E-state index in [1.807, 2.05) is 0 Å². The Morgan fingerprint density at radius 1 is 0.941 bits per heavy atom. The fourth-order valence-corrected chi connectivity index (χ4v) is 4.00. The summed E-state index contributed by atoms with van der Waals surface area (Å²) in [6.07, 6.45) is 13.8. The van der Waals surface area contributed by atoms with E-state index in [-0.39, 0.29) is 11.5 Å². The summed E-state index contributed by atoms with van der Waals surface area (Å²) >= 11 is 0. The molecule has 2 aliphatic carbocycles. The number of aliphatic hydroxyl groups is 1. The molecule has 2 nitrogen and oxygen atoms in total. The van der Waals surface area contributed by atoms with Crippen molar-refractivity contribution in [2.75, 3.05) is 6.54 Å². The molecule has 2 heteroatoms. The minimum absolute atomic E-state index is 0.0510. The quantitative estimate of drug-likeness (QED) is 0.794. The maximum absolute atomic E-state index is 10.8. The van der Waals surface area contributed by atoms with Crippen LogP contribution >= 0.6 is 0 Å². The molecule has 0 aromatic rings. The molecule has 0 amide bonds. The van der Waals surface area contributed by atoms with Gasteiger partial charge in [-0.25, -0.2) is 0 Å². The molecule has 0 aromatic heterocycles. The summed E-state index contributed by atoms with van der Waals surface area (Å²) in [4.78, 5) is 0. The topological polar surface area (TPSA) is 46.2 Å². The molecular formula is C15H29NO. The standard InChI is InChI=1S/C15H29NO/c16-12-15(10-6-2-1-3-7-11-15)14(17)13-8-4-5-9-13/h13-14,17H,1-12,16H2. The highest BCUT2D eigenvalue weighted by Crippen LogP contribution is 2.43. The van der Waals surface area contributed by atoms with Gasteiger partial charge in [0.2, 0.25) is 0 Å². The second-order valence-corrected chi connectivity index (χ2v) is 6.32. The number of aliphatic hydroxyl groups excluding tert-OH is 1. The highest BCUT2D eigenvalue weighted by molar-refractivity contribution is 4.93. The molecule has 2 aliphatic rings. The molecule has 0 heterocycles. The predicted octanol–water partition coefficient (Wildman–Crippen LogP) is 3.23. The lowest BCUT2D eigenvalue weighted by Crippen LogP contribution is -2.45. The Hall–Kier alpha value is -0.0800. The van der Waals surface area contributed by atoms with E-state index in [1.54, 1.807) is 0 Å². The zero-order chi connectivity index (χ0) is 12.1. The van der Waals surface area contributed by atoms with Crippen molar-refractivity contribution < 1.29 is 5.11 Å². The Morgan fingerprint density at radius 2 is 1.47 bits per heavy atom. The van der Waals surface area contributed by atoms with E-state index >= 15 is 0 Å². The van der Waals surface area contributed by atoms with Crippen LogP contribution in [0.3, 0.4) is 0 Å². The van der Waals surface area contributed by atoms with Crippen LogP contribution in [0.1, 0.15) is 70.6 Å². The van der Waals surface area contributed by atoms with Crippen LogP contribution in [-0.2, 0) is 0 Å². The normalized spacial score (nSPS) is 28.6. The summed E-state index contributed by atoms with van der Waals surface area (Å²) in [5.74, 6) is 0.540. The number of rotatable bonds is 3. The molecule has 2 saturated carbocycles. The molecule has 0 aliphatic heterocycles. The van der Waals surface area contributed by atoms with Gasteiger partial charge in [0.05, 0.1) is 6.10 Å². The monoisotopic (exact) mass is 239 g/mol. The van der Waals surface area contributed by atoms with Crippen molar-refractivity contribution in [3.05, 3.63) is 0 Å². The van der Waals surface area contributed by atoms with Gasteiger partial charge in [0.1, 0.15) is 0 Å². The van der Waals surface area contributed by atoms with Crippen LogP contribution in [0.25, 0.3) is 0 Å². The van der Waals surface area contributed by atoms with Crippen LogP contribution in [0, 0.1) is 11.3 Å². The van der Waals surface area contributed by atoms with Crippen LogP contribution in [0.2, 0.25) is 0 Å². The Kier molecular flexibility index (Phi) is 4.87. The number of nitrogens with two attached hydrogens (primary N) is 1. The maximum atomic E-state index is 10.8. The summed E-state index contributed by atoms with van der Waals surface area (Å²) in [6, 6.07) is 0. The zero-order valence-corrected chi connectivity index (χ0v) is 11.2. The van der Waals surface area contributed by atoms with Gasteiger partial charge in [-0.15, -0.1) is 0 Å². The van der Waals surface area contributed by atoms with Gasteiger partial charge in [0.25, 0.3) is 0 Å². The van der Waals surface area contributed by atoms with Gasteiger partial charge >= 0.3 is 0 Å². The Labute approximate surface area is 106 Å². The summed E-state index contributed by atoms with van der Waals surface area (Å²) in [7, 11) is 0. The zero-order valence-electron chi connectivity index (χ0n) is 11.2. The first-order chi connectivity index (χ1) is 8.28. The van der Waals surface area contributed by atoms with Gasteiger partial charge in [-0.05, 0) is 31.6 Å². The van der Waals surface area contributed by atoms with Crippen molar-refractivity contribution in [2.24, 2.45) is 17.1 Å². The van der Waals surface area contributed by atoms with Crippen molar-refractivity contribution >= 4 is 0 Å². The second kappa shape index (κ2) is 6.19. The van der Waals surface area contributed by atoms with Gasteiger partial charge in [0, 0.05) is 12.0 Å². The molecule has 100 valence electrons. The van der Waals surface area contributed by atoms with E-state index in [1.165, 1.54) is 57.8 Å². The van der Waals surface area contributed by atoms with E-state index in [0.29, 0.717) is 12.5 Å². The average molecular weight is 239 g/mol. The van der Waals surface area contributed by atoms with Gasteiger partial charge in [0.15, 0.2) is 0 Å². The number of hydrogen-bond acceptors (Lipinski definition) is 2. The van der Waals surface area contributed by atoms with Crippen LogP contribution < -0.4 is 5.73 Å². The molecule has 0 radical (unpaired) electrons. The molecule has 1 unspecified atom stereocenters. The first-order valence-corrected chi connectivity index (χ1v) is 7.67. The molecule has 0 bridgehead atoms. The summed E-state index contributed by atoms with van der Waals surface area (Å²) in [5, 5.41) is 10.8. The molecule has 0 spiro atoms. The third-order valence-corrected chi connectivity index (χ3v) is 5.23. The molecule has 0 saturated heterocycles. The van der Waals surface area contributed by atoms with Crippen molar-refractivity contribution in [3.8, 4) is 0 Å². The summed E-state index contributed by atoms with van der Waals surface area (Å²) < 4.78 is 0. The highest BCUT2D eigenvalue weighted by Gasteiger charge is 2.41. The lowest BCUT2D eigenvalue weighted by atomic mass is 9.68. The molecular weight excluding hydrogens is 210 g/mol. The Morgan fingerprint density at radius 3 is 2.00 bits per heavy atom. The van der Waals surface area contributed by atoms with Gasteiger partial charge in [-0.1, -0.05) is 44.9 Å². The maximum Gasteiger partial charge on any atom is 0.0636 e. The lowest BCUT2D eigenvalue weighted by molar-refractivity contribution is -0.0288. The first kappa shape index (κ1) is 13.4. The van der Waals surface area contributed by atoms with Gasteiger partial charge in [-0.2, -0.15) is 0 Å². The molecule has 3 N–H and O–H groups in total. The molecule has 17 heavy (non-hydrogen) atoms. The fourth-order valence-electron chi connectivity index (χ4n) is 4.00. The van der Waals surface area contributed by atoms with Gasteiger partial charge < -0.3 is 10.8 Å². The Bertz CT molecular complexity index is 215. The molecule has 1 atom stereocenters. The SMILES string of the molecule is NCC1(C(O)C2CCCC2)CCCCCCC1. The average Bonchev–Trinajstić information content (AvgIpc) is 2.82. The first-order valence-electron chi connectivity index (χ1n) is 7.67. The van der Waals surface area contributed by atoms with Crippen LogP contribution in [-0.4, -0.2) is 17.8 Å². The van der Waals surface area contributed by atoms with E-state index < -0.39 is 0 Å². The molecule has 0 aromatic carbocycles. The minimum Gasteiger partial charge on any atom is -0.392 e. The van der Waals surface area contributed by atoms with Crippen molar-refractivity contribution in [1.29, 1.82) is 0 Å². The molecule has 2 fully saturated rings. The summed E-state index contributed by atoms with van der Waals surface area (Å²) in [6.45, 7) is 0.685. The predicted molar refractivity (Wildman–Crippen MR) is 71.8 cm³/mol. The van der Waals surface area contributed by atoms with E-state index in [9.17, 15) is 5.11 Å². The van der Waals surface area contributed by atoms with E-state index in [2.05, 4.69) is 0 Å². The lowest BCUT2D eigenvalue weighted by Gasteiger charge is -2.41. The Balaban J connectivity index is 2.03. The molecule has 2 rings (SSSR count). The van der Waals surface area contributed by atoms with Crippen molar-refractivity contribution in [1.82, 2.24) is 0 Å². The fraction of sp³-hybridized carbons (Fsp3) is 1.00. The van der Waals surface area contributed by atoms with Crippen molar-refractivity contribution in [2.45, 2.75) is 76.7 Å². The highest BCUT2D eigenvalue weighted by atomic mass is 16.3. The van der Waals surface area contributed by atoms with Crippen LogP contribution in [0.5, 0.6) is 0 Å². The second-order valence-electron chi connectivity index (χ2n) is 6.32. The largest absolute Gasteiger partial charge is 0.392 e. The van der Waals surface area contributed by atoms with Crippen molar-refractivity contribution in [3.63, 3.8) is 0 Å². The van der Waals surface area contributed by atoms with E-state index in [0.717, 1.165) is 12.8 Å². The third kappa shape index (κ3) is 3.03. The van der Waals surface area contributed by atoms with E-state index in [4.69, 9.17) is 5.73 Å². The van der Waals surface area contributed by atoms with Gasteiger partial charge in [-0.3, -0.25) is 0 Å². The summed E-state index contributed by atoms with van der Waals surface area (Å²) in [5.41, 5.74) is 6.12. The minimum atomic E-state index is -0.131.